The Bertz CT molecular complexity index is 628. The van der Waals surface area contributed by atoms with E-state index in [1.807, 2.05) is 0 Å². The fourth-order valence-electron chi connectivity index (χ4n) is 1.90. The van der Waals surface area contributed by atoms with Crippen LogP contribution >= 0.6 is 0 Å². The van der Waals surface area contributed by atoms with Gasteiger partial charge in [-0.25, -0.2) is 4.79 Å². The van der Waals surface area contributed by atoms with Gasteiger partial charge in [0.2, 0.25) is 0 Å². The van der Waals surface area contributed by atoms with E-state index in [1.54, 1.807) is 13.8 Å². The van der Waals surface area contributed by atoms with Crippen LogP contribution in [0.4, 0.5) is 13.2 Å². The minimum Gasteiger partial charge on any atom is -0.481 e. The number of halogens is 3. The Balaban J connectivity index is 0.00000118. The summed E-state index contributed by atoms with van der Waals surface area (Å²) in [6.07, 6.45) is 0.365. The van der Waals surface area contributed by atoms with Crippen molar-refractivity contribution in [3.05, 3.63) is 11.3 Å². The molecule has 0 aromatic heterocycles. The lowest BCUT2D eigenvalue weighted by molar-refractivity contribution is -0.135. The quantitative estimate of drug-likeness (QED) is 0.574. The molecule has 0 heterocycles. The molecule has 0 aromatic rings. The number of hydrogen-bond acceptors (Lipinski definition) is 5. The van der Waals surface area contributed by atoms with Crippen molar-refractivity contribution in [1.82, 2.24) is 0 Å². The summed E-state index contributed by atoms with van der Waals surface area (Å²) in [5.74, 6) is -3.70. The van der Waals surface area contributed by atoms with Crippen molar-refractivity contribution in [2.24, 2.45) is 11.3 Å². The van der Waals surface area contributed by atoms with E-state index in [2.05, 4.69) is 4.18 Å². The Labute approximate surface area is 137 Å². The lowest BCUT2D eigenvalue weighted by Gasteiger charge is -2.37. The summed E-state index contributed by atoms with van der Waals surface area (Å²) >= 11 is 0. The molecule has 1 aliphatic rings. The number of rotatable bonds is 3. The topological polar surface area (TPSA) is 118 Å². The van der Waals surface area contributed by atoms with Crippen LogP contribution in [0.1, 0.15) is 40.5 Å². The van der Waals surface area contributed by atoms with E-state index in [0.29, 0.717) is 6.42 Å². The van der Waals surface area contributed by atoms with E-state index in [1.165, 1.54) is 6.92 Å². The number of aliphatic carboxylic acids is 2. The Kier molecular flexibility index (Phi) is 6.86. The molecule has 2 N–H and O–H groups in total. The highest BCUT2D eigenvalue weighted by atomic mass is 32.2. The molecule has 0 fully saturated rings. The summed E-state index contributed by atoms with van der Waals surface area (Å²) in [6.45, 7) is 5.95. The first kappa shape index (κ1) is 22.2. The average Bonchev–Trinajstić information content (AvgIpc) is 2.32. The van der Waals surface area contributed by atoms with Crippen LogP contribution in [0.5, 0.6) is 0 Å². The lowest BCUT2D eigenvalue weighted by atomic mass is 9.70. The van der Waals surface area contributed by atoms with Crippen molar-refractivity contribution in [2.75, 3.05) is 0 Å². The highest BCUT2D eigenvalue weighted by molar-refractivity contribution is 7.87. The van der Waals surface area contributed by atoms with E-state index >= 15 is 0 Å². The molecule has 0 aliphatic heterocycles. The van der Waals surface area contributed by atoms with Gasteiger partial charge in [-0.1, -0.05) is 20.8 Å². The maximum Gasteiger partial charge on any atom is 0.534 e. The molecular formula is C13H19F3O7S. The van der Waals surface area contributed by atoms with Gasteiger partial charge in [0.15, 0.2) is 0 Å². The van der Waals surface area contributed by atoms with Crippen LogP contribution in [0.3, 0.4) is 0 Å². The Morgan fingerprint density at radius 1 is 1.25 bits per heavy atom. The molecule has 0 amide bonds. The molecule has 0 radical (unpaired) electrons. The van der Waals surface area contributed by atoms with Crippen molar-refractivity contribution >= 4 is 22.1 Å². The number of allylic oxidation sites excluding steroid dienone is 1. The molecule has 1 unspecified atom stereocenters. The van der Waals surface area contributed by atoms with Gasteiger partial charge in [-0.2, -0.15) is 21.6 Å². The van der Waals surface area contributed by atoms with Crippen LogP contribution in [-0.2, 0) is 23.9 Å². The Hall–Kier alpha value is -1.78. The zero-order valence-electron chi connectivity index (χ0n) is 13.5. The highest BCUT2D eigenvalue weighted by Gasteiger charge is 2.51. The number of carboxylic acid groups (broad SMARTS) is 2. The molecule has 140 valence electrons. The van der Waals surface area contributed by atoms with E-state index in [4.69, 9.17) is 15.0 Å². The smallest absolute Gasteiger partial charge is 0.481 e. The molecule has 0 bridgehead atoms. The molecule has 0 spiro atoms. The van der Waals surface area contributed by atoms with Crippen LogP contribution < -0.4 is 0 Å². The first-order chi connectivity index (χ1) is 10.5. The van der Waals surface area contributed by atoms with Crippen LogP contribution in [0.2, 0.25) is 0 Å². The summed E-state index contributed by atoms with van der Waals surface area (Å²) in [5.41, 5.74) is -6.58. The van der Waals surface area contributed by atoms with Gasteiger partial charge >= 0.3 is 21.6 Å². The minimum absolute atomic E-state index is 0.0462. The van der Waals surface area contributed by atoms with Gasteiger partial charge in [0, 0.05) is 12.8 Å². The second kappa shape index (κ2) is 7.41. The fourth-order valence-corrected chi connectivity index (χ4v) is 2.48. The van der Waals surface area contributed by atoms with Crippen molar-refractivity contribution < 1.29 is 45.6 Å². The van der Waals surface area contributed by atoms with E-state index in [-0.39, 0.29) is 6.42 Å². The second-order valence-corrected chi connectivity index (χ2v) is 7.40. The summed E-state index contributed by atoms with van der Waals surface area (Å²) < 4.78 is 63.3. The molecule has 24 heavy (non-hydrogen) atoms. The molecule has 1 atom stereocenters. The van der Waals surface area contributed by atoms with Crippen LogP contribution in [0, 0.1) is 11.3 Å². The third-order valence-corrected chi connectivity index (χ3v) is 4.59. The van der Waals surface area contributed by atoms with Gasteiger partial charge in [-0.3, -0.25) is 4.79 Å². The summed E-state index contributed by atoms with van der Waals surface area (Å²) in [5, 5.41) is 16.4. The molecule has 0 saturated heterocycles. The van der Waals surface area contributed by atoms with E-state index in [0.717, 1.165) is 6.92 Å². The predicted octanol–water partition coefficient (Wildman–Crippen LogP) is 2.74. The predicted molar refractivity (Wildman–Crippen MR) is 76.2 cm³/mol. The van der Waals surface area contributed by atoms with Crippen molar-refractivity contribution in [3.63, 3.8) is 0 Å². The molecule has 0 aromatic carbocycles. The zero-order chi connectivity index (χ0) is 19.5. The highest BCUT2D eigenvalue weighted by Crippen LogP contribution is 2.45. The molecule has 0 saturated carbocycles. The van der Waals surface area contributed by atoms with Crippen molar-refractivity contribution in [2.45, 2.75) is 46.0 Å². The summed E-state index contributed by atoms with van der Waals surface area (Å²) in [6, 6.07) is 0. The summed E-state index contributed by atoms with van der Waals surface area (Å²) in [4.78, 5) is 20.0. The molecular weight excluding hydrogens is 357 g/mol. The zero-order valence-corrected chi connectivity index (χ0v) is 14.3. The standard InChI is InChI=1S/C11H15F3O5S.C2H4O2/c1-6-8(19-20(17,18)11(12,13)14)7(9(15)16)4-5-10(6,2)3;1-2(3)4/h6H,4-5H2,1-3H3,(H,15,16);1H3,(H,3,4). The van der Waals surface area contributed by atoms with Gasteiger partial charge in [0.25, 0.3) is 5.97 Å². The van der Waals surface area contributed by atoms with Gasteiger partial charge in [-0.05, 0) is 18.3 Å². The first-order valence-electron chi connectivity index (χ1n) is 6.69. The van der Waals surface area contributed by atoms with Crippen LogP contribution in [0.15, 0.2) is 11.3 Å². The molecule has 1 rings (SSSR count). The SMILES string of the molecule is CC(=O)O.CC1C(OS(=O)(=O)C(F)(F)F)=C(C(=O)O)CCC1(C)C. The number of alkyl halides is 3. The van der Waals surface area contributed by atoms with Gasteiger partial charge in [-0.15, -0.1) is 0 Å². The normalized spacial score (nSPS) is 20.7. The Morgan fingerprint density at radius 3 is 2.00 bits per heavy atom. The lowest BCUT2D eigenvalue weighted by Crippen LogP contribution is -2.34. The van der Waals surface area contributed by atoms with Crippen LogP contribution in [-0.4, -0.2) is 36.1 Å². The monoisotopic (exact) mass is 376 g/mol. The molecule has 1 aliphatic carbocycles. The number of hydrogen-bond donors (Lipinski definition) is 2. The van der Waals surface area contributed by atoms with E-state index < -0.39 is 50.2 Å². The second-order valence-electron chi connectivity index (χ2n) is 5.86. The van der Waals surface area contributed by atoms with Gasteiger partial charge in [0.1, 0.15) is 5.76 Å². The van der Waals surface area contributed by atoms with Gasteiger partial charge in [0.05, 0.1) is 5.57 Å². The maximum atomic E-state index is 12.4. The maximum absolute atomic E-state index is 12.4. The largest absolute Gasteiger partial charge is 0.534 e. The Morgan fingerprint density at radius 2 is 1.67 bits per heavy atom. The fraction of sp³-hybridized carbons (Fsp3) is 0.692. The van der Waals surface area contributed by atoms with Crippen molar-refractivity contribution in [1.29, 1.82) is 0 Å². The average molecular weight is 376 g/mol. The van der Waals surface area contributed by atoms with Crippen molar-refractivity contribution in [3.8, 4) is 0 Å². The first-order valence-corrected chi connectivity index (χ1v) is 8.10. The molecule has 11 heteroatoms. The number of carboxylic acids is 2. The van der Waals surface area contributed by atoms with E-state index in [9.17, 15) is 26.4 Å². The third kappa shape index (κ3) is 5.69. The minimum atomic E-state index is -5.87. The van der Waals surface area contributed by atoms with Gasteiger partial charge < -0.3 is 14.4 Å². The van der Waals surface area contributed by atoms with Crippen LogP contribution in [0.25, 0.3) is 0 Å². The third-order valence-electron chi connectivity index (χ3n) is 3.62. The summed E-state index contributed by atoms with van der Waals surface area (Å²) in [7, 11) is -5.87. The number of carbonyl (C=O) groups is 2. The molecule has 7 nitrogen and oxygen atoms in total.